The molecule has 1 amide bonds. The van der Waals surface area contributed by atoms with Crippen molar-refractivity contribution in [1.82, 2.24) is 5.32 Å². The second-order valence-corrected chi connectivity index (χ2v) is 8.04. The van der Waals surface area contributed by atoms with E-state index in [0.717, 1.165) is 31.9 Å². The molecule has 0 heterocycles. The summed E-state index contributed by atoms with van der Waals surface area (Å²) in [6, 6.07) is 6.66. The van der Waals surface area contributed by atoms with E-state index in [-0.39, 0.29) is 48.3 Å². The normalized spacial score (nSPS) is 20.8. The standard InChI is InChI=1S/C16H24N2O4S.ClH/c1-23(20,21)15-8-6-14(7-9-15)22-11-10-16(19)18-13-4-2-12(17)3-5-13;/h6-9,12-13H,2-5,10-11,17H2,1H3,(H,18,19);1H. The van der Waals surface area contributed by atoms with Crippen LogP contribution >= 0.6 is 12.4 Å². The highest BCUT2D eigenvalue weighted by atomic mass is 35.5. The van der Waals surface area contributed by atoms with Gasteiger partial charge in [-0.05, 0) is 49.9 Å². The fourth-order valence-electron chi connectivity index (χ4n) is 2.61. The number of nitrogens with one attached hydrogen (secondary N) is 1. The maximum Gasteiger partial charge on any atom is 0.223 e. The fourth-order valence-corrected chi connectivity index (χ4v) is 3.24. The molecule has 0 bridgehead atoms. The number of benzene rings is 1. The van der Waals surface area contributed by atoms with Crippen LogP contribution in [0, 0.1) is 0 Å². The van der Waals surface area contributed by atoms with E-state index < -0.39 is 9.84 Å². The summed E-state index contributed by atoms with van der Waals surface area (Å²) in [7, 11) is -3.20. The molecule has 8 heteroatoms. The third-order valence-corrected chi connectivity index (χ3v) is 5.12. The molecule has 1 aromatic rings. The Morgan fingerprint density at radius 1 is 1.21 bits per heavy atom. The Morgan fingerprint density at radius 2 is 1.79 bits per heavy atom. The van der Waals surface area contributed by atoms with Gasteiger partial charge in [0, 0.05) is 18.3 Å². The van der Waals surface area contributed by atoms with Crippen molar-refractivity contribution in [2.75, 3.05) is 12.9 Å². The van der Waals surface area contributed by atoms with Crippen molar-refractivity contribution in [3.05, 3.63) is 24.3 Å². The highest BCUT2D eigenvalue weighted by molar-refractivity contribution is 7.90. The van der Waals surface area contributed by atoms with Crippen LogP contribution in [0.3, 0.4) is 0 Å². The highest BCUT2D eigenvalue weighted by Crippen LogP contribution is 2.17. The first-order valence-electron chi connectivity index (χ1n) is 7.82. The van der Waals surface area contributed by atoms with Crippen LogP contribution in [0.5, 0.6) is 5.75 Å². The van der Waals surface area contributed by atoms with Crippen LogP contribution in [0.4, 0.5) is 0 Å². The summed E-state index contributed by atoms with van der Waals surface area (Å²) >= 11 is 0. The molecule has 136 valence electrons. The lowest BCUT2D eigenvalue weighted by Crippen LogP contribution is -2.40. The minimum atomic E-state index is -3.20. The Labute approximate surface area is 149 Å². The molecule has 0 aromatic heterocycles. The lowest BCUT2D eigenvalue weighted by molar-refractivity contribution is -0.122. The van der Waals surface area contributed by atoms with Gasteiger partial charge in [-0.3, -0.25) is 4.79 Å². The molecule has 0 saturated heterocycles. The topological polar surface area (TPSA) is 98.5 Å². The van der Waals surface area contributed by atoms with Gasteiger partial charge in [0.15, 0.2) is 9.84 Å². The largest absolute Gasteiger partial charge is 0.493 e. The average molecular weight is 377 g/mol. The smallest absolute Gasteiger partial charge is 0.223 e. The van der Waals surface area contributed by atoms with Crippen molar-refractivity contribution in [2.45, 2.75) is 49.1 Å². The van der Waals surface area contributed by atoms with Gasteiger partial charge in [-0.15, -0.1) is 12.4 Å². The second kappa shape index (κ2) is 9.25. The number of halogens is 1. The van der Waals surface area contributed by atoms with Gasteiger partial charge in [-0.1, -0.05) is 0 Å². The van der Waals surface area contributed by atoms with Gasteiger partial charge in [0.05, 0.1) is 17.9 Å². The van der Waals surface area contributed by atoms with E-state index in [1.807, 2.05) is 0 Å². The van der Waals surface area contributed by atoms with Gasteiger partial charge >= 0.3 is 0 Å². The molecule has 1 aliphatic carbocycles. The number of ether oxygens (including phenoxy) is 1. The summed E-state index contributed by atoms with van der Waals surface area (Å²) in [6.07, 6.45) is 5.20. The summed E-state index contributed by atoms with van der Waals surface area (Å²) in [6.45, 7) is 0.260. The third-order valence-electron chi connectivity index (χ3n) is 3.99. The maximum absolute atomic E-state index is 11.9. The van der Waals surface area contributed by atoms with E-state index in [9.17, 15) is 13.2 Å². The van der Waals surface area contributed by atoms with E-state index in [0.29, 0.717) is 5.75 Å². The van der Waals surface area contributed by atoms with Crippen molar-refractivity contribution in [1.29, 1.82) is 0 Å². The molecule has 6 nitrogen and oxygen atoms in total. The molecule has 0 spiro atoms. The van der Waals surface area contributed by atoms with Crippen LogP contribution < -0.4 is 15.8 Å². The number of amides is 1. The molecule has 1 aromatic carbocycles. The van der Waals surface area contributed by atoms with Gasteiger partial charge in [0.2, 0.25) is 5.91 Å². The Morgan fingerprint density at radius 3 is 2.33 bits per heavy atom. The molecule has 0 unspecified atom stereocenters. The predicted octanol–water partition coefficient (Wildman–Crippen LogP) is 1.67. The molecule has 24 heavy (non-hydrogen) atoms. The quantitative estimate of drug-likeness (QED) is 0.786. The van der Waals surface area contributed by atoms with Gasteiger partial charge in [-0.25, -0.2) is 8.42 Å². The van der Waals surface area contributed by atoms with Crippen LogP contribution in [-0.2, 0) is 14.6 Å². The van der Waals surface area contributed by atoms with Crippen molar-refractivity contribution in [3.8, 4) is 5.75 Å². The minimum absolute atomic E-state index is 0. The van der Waals surface area contributed by atoms with Crippen molar-refractivity contribution >= 4 is 28.2 Å². The van der Waals surface area contributed by atoms with Gasteiger partial charge < -0.3 is 15.8 Å². The van der Waals surface area contributed by atoms with Crippen LogP contribution in [0.2, 0.25) is 0 Å². The molecule has 0 aliphatic heterocycles. The average Bonchev–Trinajstić information content (AvgIpc) is 2.49. The van der Waals surface area contributed by atoms with Crippen LogP contribution in [0.1, 0.15) is 32.1 Å². The molecule has 0 radical (unpaired) electrons. The molecule has 1 saturated carbocycles. The van der Waals surface area contributed by atoms with E-state index in [1.165, 1.54) is 12.1 Å². The number of hydrogen-bond acceptors (Lipinski definition) is 5. The Bertz CT molecular complexity index is 626. The summed E-state index contributed by atoms with van der Waals surface area (Å²) in [5, 5.41) is 3.00. The highest BCUT2D eigenvalue weighted by Gasteiger charge is 2.19. The van der Waals surface area contributed by atoms with E-state index >= 15 is 0 Å². The first-order valence-corrected chi connectivity index (χ1v) is 9.71. The number of carbonyl (C=O) groups is 1. The van der Waals surface area contributed by atoms with Crippen LogP contribution in [0.15, 0.2) is 29.2 Å². The minimum Gasteiger partial charge on any atom is -0.493 e. The number of nitrogens with two attached hydrogens (primary N) is 1. The summed E-state index contributed by atoms with van der Waals surface area (Å²) in [5.74, 6) is 0.520. The van der Waals surface area contributed by atoms with Crippen molar-refractivity contribution < 1.29 is 17.9 Å². The molecule has 3 N–H and O–H groups in total. The first kappa shape index (κ1) is 20.7. The number of carbonyl (C=O) groups excluding carboxylic acids is 1. The van der Waals surface area contributed by atoms with E-state index in [4.69, 9.17) is 10.5 Å². The Hall–Kier alpha value is -1.31. The Kier molecular flexibility index (Phi) is 7.99. The molecule has 1 aliphatic rings. The zero-order valence-electron chi connectivity index (χ0n) is 13.7. The zero-order valence-corrected chi connectivity index (χ0v) is 15.4. The van der Waals surface area contributed by atoms with Crippen LogP contribution in [-0.4, -0.2) is 39.3 Å². The SMILES string of the molecule is CS(=O)(=O)c1ccc(OCCC(=O)NC2CCC(N)CC2)cc1.Cl. The number of sulfone groups is 1. The number of rotatable bonds is 6. The van der Waals surface area contributed by atoms with Gasteiger partial charge in [-0.2, -0.15) is 0 Å². The van der Waals surface area contributed by atoms with Gasteiger partial charge in [0.25, 0.3) is 0 Å². The summed E-state index contributed by atoms with van der Waals surface area (Å²) in [4.78, 5) is 12.1. The lowest BCUT2D eigenvalue weighted by atomic mass is 9.92. The summed E-state index contributed by atoms with van der Waals surface area (Å²) < 4.78 is 28.2. The fraction of sp³-hybridized carbons (Fsp3) is 0.562. The monoisotopic (exact) mass is 376 g/mol. The molecule has 0 atom stereocenters. The summed E-state index contributed by atoms with van der Waals surface area (Å²) in [5.41, 5.74) is 5.84. The Balaban J connectivity index is 0.00000288. The predicted molar refractivity (Wildman–Crippen MR) is 95.3 cm³/mol. The second-order valence-electron chi connectivity index (χ2n) is 6.02. The van der Waals surface area contributed by atoms with Crippen molar-refractivity contribution in [3.63, 3.8) is 0 Å². The maximum atomic E-state index is 11.9. The van der Waals surface area contributed by atoms with Gasteiger partial charge in [0.1, 0.15) is 5.75 Å². The molecule has 2 rings (SSSR count). The zero-order chi connectivity index (χ0) is 16.9. The van der Waals surface area contributed by atoms with Crippen molar-refractivity contribution in [2.24, 2.45) is 5.73 Å². The molecular weight excluding hydrogens is 352 g/mol. The molecule has 1 fully saturated rings. The molecular formula is C16H25ClN2O4S. The first-order chi connectivity index (χ1) is 10.8. The lowest BCUT2D eigenvalue weighted by Gasteiger charge is -2.26. The van der Waals surface area contributed by atoms with E-state index in [1.54, 1.807) is 12.1 Å². The van der Waals surface area contributed by atoms with Crippen LogP contribution in [0.25, 0.3) is 0 Å². The third kappa shape index (κ3) is 6.67. The van der Waals surface area contributed by atoms with E-state index in [2.05, 4.69) is 5.32 Å². The number of hydrogen-bond donors (Lipinski definition) is 2.